The first-order valence-electron chi connectivity index (χ1n) is 5.81. The zero-order valence-electron chi connectivity index (χ0n) is 10.2. The third-order valence-corrected chi connectivity index (χ3v) is 2.90. The van der Waals surface area contributed by atoms with Crippen LogP contribution in [0.5, 0.6) is 0 Å². The maximum atomic E-state index is 5.57. The van der Waals surface area contributed by atoms with E-state index in [1.807, 2.05) is 24.3 Å². The number of benzene rings is 1. The number of pyridine rings is 1. The topological polar surface area (TPSA) is 50.9 Å². The molecule has 0 aliphatic heterocycles. The minimum Gasteiger partial charge on any atom is -0.388 e. The average molecular weight is 257 g/mol. The van der Waals surface area contributed by atoms with E-state index in [0.717, 1.165) is 17.8 Å². The van der Waals surface area contributed by atoms with Gasteiger partial charge in [-0.25, -0.2) is 0 Å². The number of aryl methyl sites for hydroxylation is 1. The van der Waals surface area contributed by atoms with Crippen LogP contribution in [0.1, 0.15) is 18.2 Å². The van der Waals surface area contributed by atoms with Crippen LogP contribution in [0.3, 0.4) is 0 Å². The van der Waals surface area contributed by atoms with Gasteiger partial charge in [0.1, 0.15) is 4.99 Å². The quantitative estimate of drug-likeness (QED) is 0.827. The molecule has 0 bridgehead atoms. The highest BCUT2D eigenvalue weighted by molar-refractivity contribution is 7.80. The molecule has 0 amide bonds. The van der Waals surface area contributed by atoms with Gasteiger partial charge in [-0.15, -0.1) is 0 Å². The van der Waals surface area contributed by atoms with Crippen LogP contribution in [0.15, 0.2) is 42.6 Å². The number of nitrogens with two attached hydrogens (primary N) is 1. The highest BCUT2D eigenvalue weighted by atomic mass is 32.1. The Balaban J connectivity index is 2.28. The zero-order chi connectivity index (χ0) is 13.0. The van der Waals surface area contributed by atoms with Gasteiger partial charge < -0.3 is 11.1 Å². The molecule has 4 heteroatoms. The van der Waals surface area contributed by atoms with Gasteiger partial charge in [0.05, 0.1) is 5.69 Å². The molecule has 0 saturated heterocycles. The summed E-state index contributed by atoms with van der Waals surface area (Å²) in [7, 11) is 0. The van der Waals surface area contributed by atoms with Crippen molar-refractivity contribution >= 4 is 28.6 Å². The molecule has 0 aliphatic rings. The highest BCUT2D eigenvalue weighted by Crippen LogP contribution is 2.21. The molecule has 3 nitrogen and oxygen atoms in total. The number of hydrogen-bond donors (Lipinski definition) is 2. The molecule has 0 radical (unpaired) electrons. The van der Waals surface area contributed by atoms with E-state index in [0.29, 0.717) is 10.7 Å². The molecule has 3 N–H and O–H groups in total. The van der Waals surface area contributed by atoms with Gasteiger partial charge in [0.15, 0.2) is 0 Å². The van der Waals surface area contributed by atoms with E-state index in [2.05, 4.69) is 29.4 Å². The van der Waals surface area contributed by atoms with Gasteiger partial charge in [0.2, 0.25) is 0 Å². The normalized spacial score (nSPS) is 10.1. The molecule has 1 aromatic heterocycles. The number of nitrogens with one attached hydrogen (secondary N) is 1. The molecular formula is C14H15N3S. The molecule has 18 heavy (non-hydrogen) atoms. The summed E-state index contributed by atoms with van der Waals surface area (Å²) in [6.45, 7) is 2.13. The van der Waals surface area contributed by atoms with Crippen LogP contribution in [0.2, 0.25) is 0 Å². The summed E-state index contributed by atoms with van der Waals surface area (Å²) in [6, 6.07) is 12.0. The molecule has 0 atom stereocenters. The fraction of sp³-hybridized carbons (Fsp3) is 0.143. The van der Waals surface area contributed by atoms with E-state index >= 15 is 0 Å². The Morgan fingerprint density at radius 2 is 2.11 bits per heavy atom. The maximum absolute atomic E-state index is 5.57. The molecule has 1 aromatic carbocycles. The Bertz CT molecular complexity index is 566. The van der Waals surface area contributed by atoms with Gasteiger partial charge in [-0.1, -0.05) is 37.3 Å². The Kier molecular flexibility index (Phi) is 3.89. The number of thiocarbonyl (C=S) groups is 1. The van der Waals surface area contributed by atoms with Gasteiger partial charge in [-0.05, 0) is 30.2 Å². The second-order valence-electron chi connectivity index (χ2n) is 3.93. The molecule has 2 aromatic rings. The first-order valence-corrected chi connectivity index (χ1v) is 6.22. The van der Waals surface area contributed by atoms with Gasteiger partial charge in [0, 0.05) is 17.6 Å². The molecule has 0 fully saturated rings. The molecule has 0 aliphatic carbocycles. The fourth-order valence-corrected chi connectivity index (χ4v) is 1.86. The number of anilines is 2. The lowest BCUT2D eigenvalue weighted by molar-refractivity contribution is 1.14. The number of rotatable bonds is 4. The maximum Gasteiger partial charge on any atom is 0.122 e. The third-order valence-electron chi connectivity index (χ3n) is 2.69. The smallest absolute Gasteiger partial charge is 0.122 e. The lowest BCUT2D eigenvalue weighted by Crippen LogP contribution is -2.11. The molecule has 0 saturated carbocycles. The van der Waals surface area contributed by atoms with Crippen molar-refractivity contribution in [2.75, 3.05) is 5.32 Å². The van der Waals surface area contributed by atoms with E-state index in [9.17, 15) is 0 Å². The lowest BCUT2D eigenvalue weighted by atomic mass is 10.1. The van der Waals surface area contributed by atoms with Crippen LogP contribution in [-0.2, 0) is 6.42 Å². The van der Waals surface area contributed by atoms with Crippen LogP contribution < -0.4 is 11.1 Å². The van der Waals surface area contributed by atoms with Crippen molar-refractivity contribution in [2.24, 2.45) is 5.73 Å². The summed E-state index contributed by atoms with van der Waals surface area (Å²) in [6.07, 6.45) is 2.68. The summed E-state index contributed by atoms with van der Waals surface area (Å²) in [4.78, 5) is 4.42. The average Bonchev–Trinajstić information content (AvgIpc) is 2.39. The standard InChI is InChI=1S/C14H15N3S/c1-2-10-5-3-4-6-12(10)17-11-7-8-16-13(9-11)14(15)18/h3-9H,2H2,1H3,(H2,15,18)(H,16,17). The predicted octanol–water partition coefficient (Wildman–Crippen LogP) is 3.02. The highest BCUT2D eigenvalue weighted by Gasteiger charge is 2.02. The Morgan fingerprint density at radius 1 is 1.33 bits per heavy atom. The van der Waals surface area contributed by atoms with Crippen molar-refractivity contribution in [1.82, 2.24) is 4.98 Å². The second kappa shape index (κ2) is 5.60. The first kappa shape index (κ1) is 12.5. The van der Waals surface area contributed by atoms with Crippen molar-refractivity contribution < 1.29 is 0 Å². The minimum absolute atomic E-state index is 0.308. The Morgan fingerprint density at radius 3 is 2.83 bits per heavy atom. The molecule has 1 heterocycles. The van der Waals surface area contributed by atoms with E-state index in [1.165, 1.54) is 5.56 Å². The lowest BCUT2D eigenvalue weighted by Gasteiger charge is -2.11. The van der Waals surface area contributed by atoms with Crippen molar-refractivity contribution in [3.05, 3.63) is 53.9 Å². The van der Waals surface area contributed by atoms with E-state index in [1.54, 1.807) is 6.20 Å². The van der Waals surface area contributed by atoms with Crippen LogP contribution in [0, 0.1) is 0 Å². The Hall–Kier alpha value is -1.94. The summed E-state index contributed by atoms with van der Waals surface area (Å²) < 4.78 is 0. The molecular weight excluding hydrogens is 242 g/mol. The van der Waals surface area contributed by atoms with Gasteiger partial charge in [0.25, 0.3) is 0 Å². The van der Waals surface area contributed by atoms with Crippen molar-refractivity contribution in [3.8, 4) is 0 Å². The summed E-state index contributed by atoms with van der Waals surface area (Å²) in [5.41, 5.74) is 9.51. The predicted molar refractivity (Wildman–Crippen MR) is 79.2 cm³/mol. The molecule has 2 rings (SSSR count). The summed E-state index contributed by atoms with van der Waals surface area (Å²) >= 11 is 4.92. The van der Waals surface area contributed by atoms with Crippen molar-refractivity contribution in [2.45, 2.75) is 13.3 Å². The molecule has 92 valence electrons. The molecule has 0 unspecified atom stereocenters. The molecule has 0 spiro atoms. The van der Waals surface area contributed by atoms with Crippen molar-refractivity contribution in [3.63, 3.8) is 0 Å². The first-order chi connectivity index (χ1) is 8.70. The van der Waals surface area contributed by atoms with Crippen LogP contribution >= 0.6 is 12.2 Å². The van der Waals surface area contributed by atoms with E-state index < -0.39 is 0 Å². The van der Waals surface area contributed by atoms with Gasteiger partial charge in [-0.2, -0.15) is 0 Å². The van der Waals surface area contributed by atoms with E-state index in [4.69, 9.17) is 18.0 Å². The van der Waals surface area contributed by atoms with Crippen LogP contribution in [0.25, 0.3) is 0 Å². The van der Waals surface area contributed by atoms with Gasteiger partial charge in [-0.3, -0.25) is 4.98 Å². The number of aromatic nitrogens is 1. The second-order valence-corrected chi connectivity index (χ2v) is 4.37. The number of hydrogen-bond acceptors (Lipinski definition) is 3. The zero-order valence-corrected chi connectivity index (χ0v) is 11.0. The number of nitrogens with zero attached hydrogens (tertiary/aromatic N) is 1. The largest absolute Gasteiger partial charge is 0.388 e. The fourth-order valence-electron chi connectivity index (χ4n) is 1.75. The van der Waals surface area contributed by atoms with Crippen LogP contribution in [0.4, 0.5) is 11.4 Å². The van der Waals surface area contributed by atoms with Crippen molar-refractivity contribution in [1.29, 1.82) is 0 Å². The minimum atomic E-state index is 0.308. The third kappa shape index (κ3) is 2.84. The SMILES string of the molecule is CCc1ccccc1Nc1ccnc(C(N)=S)c1. The van der Waals surface area contributed by atoms with E-state index in [-0.39, 0.29) is 0 Å². The van der Waals surface area contributed by atoms with Crippen LogP contribution in [-0.4, -0.2) is 9.97 Å². The number of para-hydroxylation sites is 1. The Labute approximate surface area is 112 Å². The summed E-state index contributed by atoms with van der Waals surface area (Å²) in [5.74, 6) is 0. The monoisotopic (exact) mass is 257 g/mol. The van der Waals surface area contributed by atoms with Gasteiger partial charge >= 0.3 is 0 Å². The summed E-state index contributed by atoms with van der Waals surface area (Å²) in [5, 5.41) is 3.36.